The van der Waals surface area contributed by atoms with E-state index in [0.717, 1.165) is 12.0 Å². The van der Waals surface area contributed by atoms with Gasteiger partial charge in [0.2, 0.25) is 0 Å². The van der Waals surface area contributed by atoms with Crippen LogP contribution in [0.1, 0.15) is 52.0 Å². The second-order valence-electron chi connectivity index (χ2n) is 7.56. The summed E-state index contributed by atoms with van der Waals surface area (Å²) in [6.07, 6.45) is 6.20. The molecule has 1 saturated carbocycles. The van der Waals surface area contributed by atoms with Crippen LogP contribution in [0.15, 0.2) is 23.4 Å². The van der Waals surface area contributed by atoms with Crippen LogP contribution in [-0.2, 0) is 9.63 Å². The van der Waals surface area contributed by atoms with Crippen LogP contribution in [0, 0.1) is 11.8 Å². The lowest BCUT2D eigenvalue weighted by atomic mass is 9.86. The van der Waals surface area contributed by atoms with Gasteiger partial charge in [-0.05, 0) is 42.9 Å². The van der Waals surface area contributed by atoms with E-state index in [2.05, 4.69) is 31.2 Å². The fourth-order valence-corrected chi connectivity index (χ4v) is 3.11. The van der Waals surface area contributed by atoms with Gasteiger partial charge < -0.3 is 19.6 Å². The Balaban J connectivity index is 1.80. The van der Waals surface area contributed by atoms with Crippen molar-refractivity contribution in [3.8, 4) is 11.5 Å². The molecule has 27 heavy (non-hydrogen) atoms. The smallest absolute Gasteiger partial charge is 0.261 e. The van der Waals surface area contributed by atoms with Crippen molar-refractivity contribution in [2.24, 2.45) is 17.0 Å². The highest BCUT2D eigenvalue weighted by atomic mass is 16.6. The standard InChI is InChI=1S/C21H32N2O4/c1-15(2)13-26-19-10-9-17(11-20(19)25-4)12-22-27-14-21(24)23-18-8-6-5-7-16(18)3/h9-12,15-16,18H,5-8,13-14H2,1-4H3,(H,23,24)/b22-12-/t16-,18-/m0/s1. The largest absolute Gasteiger partial charge is 0.493 e. The molecule has 1 N–H and O–H groups in total. The summed E-state index contributed by atoms with van der Waals surface area (Å²) in [5, 5.41) is 6.93. The zero-order chi connectivity index (χ0) is 19.6. The predicted octanol–water partition coefficient (Wildman–Crippen LogP) is 3.78. The molecule has 0 spiro atoms. The van der Waals surface area contributed by atoms with Crippen LogP contribution >= 0.6 is 0 Å². The zero-order valence-corrected chi connectivity index (χ0v) is 16.9. The van der Waals surface area contributed by atoms with Gasteiger partial charge in [-0.3, -0.25) is 4.79 Å². The molecule has 1 aliphatic carbocycles. The Morgan fingerprint density at radius 1 is 1.30 bits per heavy atom. The third-order valence-electron chi connectivity index (χ3n) is 4.69. The fourth-order valence-electron chi connectivity index (χ4n) is 3.11. The molecule has 0 heterocycles. The molecule has 150 valence electrons. The minimum Gasteiger partial charge on any atom is -0.493 e. The van der Waals surface area contributed by atoms with E-state index in [1.54, 1.807) is 13.3 Å². The van der Waals surface area contributed by atoms with Gasteiger partial charge in [-0.15, -0.1) is 0 Å². The lowest BCUT2D eigenvalue weighted by molar-refractivity contribution is -0.126. The minimum atomic E-state index is -0.124. The molecule has 1 aromatic carbocycles. The number of hydrogen-bond acceptors (Lipinski definition) is 5. The highest BCUT2D eigenvalue weighted by Crippen LogP contribution is 2.28. The topological polar surface area (TPSA) is 69.2 Å². The van der Waals surface area contributed by atoms with Crippen LogP contribution in [0.4, 0.5) is 0 Å². The molecule has 1 aromatic rings. The number of ether oxygens (including phenoxy) is 2. The highest BCUT2D eigenvalue weighted by Gasteiger charge is 2.22. The third-order valence-corrected chi connectivity index (χ3v) is 4.69. The number of nitrogens with one attached hydrogen (secondary N) is 1. The first-order valence-electron chi connectivity index (χ1n) is 9.75. The van der Waals surface area contributed by atoms with Gasteiger partial charge in [-0.1, -0.05) is 38.8 Å². The Labute approximate surface area is 162 Å². The van der Waals surface area contributed by atoms with Crippen molar-refractivity contribution in [1.29, 1.82) is 0 Å². The average molecular weight is 376 g/mol. The summed E-state index contributed by atoms with van der Waals surface area (Å²) in [6, 6.07) is 5.79. The molecule has 0 bridgehead atoms. The zero-order valence-electron chi connectivity index (χ0n) is 16.9. The third kappa shape index (κ3) is 7.12. The van der Waals surface area contributed by atoms with Gasteiger partial charge in [-0.2, -0.15) is 0 Å². The summed E-state index contributed by atoms with van der Waals surface area (Å²) in [5.74, 6) is 2.18. The Bertz CT molecular complexity index is 631. The number of carbonyl (C=O) groups is 1. The highest BCUT2D eigenvalue weighted by molar-refractivity contribution is 5.81. The second kappa shape index (κ2) is 10.8. The van der Waals surface area contributed by atoms with Crippen molar-refractivity contribution in [1.82, 2.24) is 5.32 Å². The first-order chi connectivity index (χ1) is 13.0. The molecule has 0 saturated heterocycles. The molecular weight excluding hydrogens is 344 g/mol. The van der Waals surface area contributed by atoms with Crippen molar-refractivity contribution in [2.75, 3.05) is 20.3 Å². The Morgan fingerprint density at radius 2 is 2.07 bits per heavy atom. The van der Waals surface area contributed by atoms with Gasteiger partial charge in [0.05, 0.1) is 19.9 Å². The van der Waals surface area contributed by atoms with Gasteiger partial charge in [0, 0.05) is 11.6 Å². The molecule has 1 fully saturated rings. The Hall–Kier alpha value is -2.24. The van der Waals surface area contributed by atoms with Gasteiger partial charge >= 0.3 is 0 Å². The SMILES string of the molecule is COc1cc(/C=N\OCC(=O)N[C@H]2CCCC[C@@H]2C)ccc1OCC(C)C. The van der Waals surface area contributed by atoms with Crippen molar-refractivity contribution in [3.63, 3.8) is 0 Å². The Kier molecular flexibility index (Phi) is 8.43. The number of oxime groups is 1. The molecule has 6 heteroatoms. The van der Waals surface area contributed by atoms with Gasteiger partial charge in [0.25, 0.3) is 5.91 Å². The van der Waals surface area contributed by atoms with E-state index in [4.69, 9.17) is 14.3 Å². The quantitative estimate of drug-likeness (QED) is 0.526. The van der Waals surface area contributed by atoms with Gasteiger partial charge in [0.15, 0.2) is 18.1 Å². The number of rotatable bonds is 9. The van der Waals surface area contributed by atoms with Crippen LogP contribution in [0.3, 0.4) is 0 Å². The van der Waals surface area contributed by atoms with Crippen LogP contribution < -0.4 is 14.8 Å². The molecule has 0 aromatic heterocycles. The van der Waals surface area contributed by atoms with Crippen LogP contribution in [0.25, 0.3) is 0 Å². The lowest BCUT2D eigenvalue weighted by Gasteiger charge is -2.29. The molecular formula is C21H32N2O4. The number of carbonyl (C=O) groups excluding carboxylic acids is 1. The fraction of sp³-hybridized carbons (Fsp3) is 0.619. The molecule has 1 aliphatic rings. The molecule has 0 radical (unpaired) electrons. The molecule has 2 rings (SSSR count). The van der Waals surface area contributed by atoms with E-state index >= 15 is 0 Å². The summed E-state index contributed by atoms with van der Waals surface area (Å²) < 4.78 is 11.1. The predicted molar refractivity (Wildman–Crippen MR) is 106 cm³/mol. The second-order valence-corrected chi connectivity index (χ2v) is 7.56. The van der Waals surface area contributed by atoms with Crippen molar-refractivity contribution < 1.29 is 19.1 Å². The summed E-state index contributed by atoms with van der Waals surface area (Å²) in [5.41, 5.74) is 0.810. The van der Waals surface area contributed by atoms with E-state index in [0.29, 0.717) is 29.9 Å². The summed E-state index contributed by atoms with van der Waals surface area (Å²) in [6.45, 7) is 6.92. The summed E-state index contributed by atoms with van der Waals surface area (Å²) in [4.78, 5) is 17.1. The summed E-state index contributed by atoms with van der Waals surface area (Å²) in [7, 11) is 1.60. The first-order valence-corrected chi connectivity index (χ1v) is 9.75. The summed E-state index contributed by atoms with van der Waals surface area (Å²) >= 11 is 0. The van der Waals surface area contributed by atoms with Crippen LogP contribution in [0.5, 0.6) is 11.5 Å². The molecule has 0 unspecified atom stereocenters. The van der Waals surface area contributed by atoms with Gasteiger partial charge in [0.1, 0.15) is 0 Å². The minimum absolute atomic E-state index is 0.0769. The normalized spacial score (nSPS) is 19.9. The van der Waals surface area contributed by atoms with Crippen molar-refractivity contribution in [3.05, 3.63) is 23.8 Å². The van der Waals surface area contributed by atoms with Crippen molar-refractivity contribution >= 4 is 12.1 Å². The van der Waals surface area contributed by atoms with Crippen LogP contribution in [-0.4, -0.2) is 38.5 Å². The Morgan fingerprint density at radius 3 is 2.78 bits per heavy atom. The number of nitrogens with zero attached hydrogens (tertiary/aromatic N) is 1. The molecule has 6 nitrogen and oxygen atoms in total. The van der Waals surface area contributed by atoms with E-state index in [-0.39, 0.29) is 18.6 Å². The number of hydrogen-bond donors (Lipinski definition) is 1. The number of amides is 1. The average Bonchev–Trinajstić information content (AvgIpc) is 2.65. The first kappa shape index (κ1) is 21.1. The number of benzene rings is 1. The maximum Gasteiger partial charge on any atom is 0.261 e. The maximum absolute atomic E-state index is 12.0. The van der Waals surface area contributed by atoms with E-state index in [1.165, 1.54) is 19.3 Å². The molecule has 0 aliphatic heterocycles. The molecule has 2 atom stereocenters. The van der Waals surface area contributed by atoms with E-state index < -0.39 is 0 Å². The van der Waals surface area contributed by atoms with E-state index in [9.17, 15) is 4.79 Å². The molecule has 1 amide bonds. The van der Waals surface area contributed by atoms with Crippen molar-refractivity contribution in [2.45, 2.75) is 52.5 Å². The number of methoxy groups -OCH3 is 1. The van der Waals surface area contributed by atoms with Gasteiger partial charge in [-0.25, -0.2) is 0 Å². The van der Waals surface area contributed by atoms with Crippen LogP contribution in [0.2, 0.25) is 0 Å². The lowest BCUT2D eigenvalue weighted by Crippen LogP contribution is -2.42. The monoisotopic (exact) mass is 376 g/mol. The van der Waals surface area contributed by atoms with E-state index in [1.807, 2.05) is 18.2 Å². The maximum atomic E-state index is 12.0.